The molecule has 3 aromatic heterocycles. The Balaban J connectivity index is 0.000000212. The van der Waals surface area contributed by atoms with Crippen LogP contribution in [-0.4, -0.2) is 20.4 Å². The van der Waals surface area contributed by atoms with Gasteiger partial charge in [0, 0.05) is 41.4 Å². The van der Waals surface area contributed by atoms with Crippen molar-refractivity contribution < 1.29 is 9.18 Å². The topological polar surface area (TPSA) is 62.7 Å². The molecule has 0 spiro atoms. The lowest BCUT2D eigenvalue weighted by molar-refractivity contribution is 0.102. The molecule has 0 unspecified atom stereocenters. The van der Waals surface area contributed by atoms with Crippen LogP contribution in [0.1, 0.15) is 17.3 Å². The van der Waals surface area contributed by atoms with E-state index >= 15 is 0 Å². The lowest BCUT2D eigenvalue weighted by Crippen LogP contribution is -2.11. The number of benzene rings is 2. The Morgan fingerprint density at radius 3 is 2.90 bits per heavy atom. The number of nitrogens with one attached hydrogen (secondary N) is 2. The first-order chi connectivity index (χ1) is 15.2. The molecule has 156 valence electrons. The Hall–Kier alpha value is -3.71. The first kappa shape index (κ1) is 20.6. The second-order valence-corrected chi connectivity index (χ2v) is 7.68. The van der Waals surface area contributed by atoms with Crippen molar-refractivity contribution >= 4 is 44.2 Å². The molecule has 0 radical (unpaired) electrons. The number of carbonyl (C=O) groups excluding carboxylic acids is 1. The number of carbonyl (C=O) groups is 1. The van der Waals surface area contributed by atoms with Crippen molar-refractivity contribution in [1.29, 1.82) is 0 Å². The van der Waals surface area contributed by atoms with Gasteiger partial charge in [0.25, 0.3) is 5.91 Å². The largest absolute Gasteiger partial charge is 0.361 e. The predicted molar refractivity (Wildman–Crippen MR) is 125 cm³/mol. The molecule has 3 heterocycles. The minimum Gasteiger partial charge on any atom is -0.361 e. The van der Waals surface area contributed by atoms with Gasteiger partial charge < -0.3 is 9.55 Å². The minimum atomic E-state index is -0.320. The maximum atomic E-state index is 13.5. The van der Waals surface area contributed by atoms with Crippen LogP contribution < -0.4 is 5.32 Å². The van der Waals surface area contributed by atoms with Crippen LogP contribution >= 0.6 is 11.3 Å². The molecule has 1 amide bonds. The molecule has 0 aliphatic heterocycles. The van der Waals surface area contributed by atoms with Gasteiger partial charge in [-0.3, -0.25) is 10.1 Å². The molecule has 2 aromatic carbocycles. The zero-order valence-electron chi connectivity index (χ0n) is 16.9. The minimum absolute atomic E-state index is 0.245. The Labute approximate surface area is 182 Å². The molecule has 5 nitrogen and oxygen atoms in total. The number of rotatable bonds is 4. The number of nitrogens with zero attached hydrogens (tertiary/aromatic N) is 2. The smallest absolute Gasteiger partial charge is 0.259 e. The van der Waals surface area contributed by atoms with Gasteiger partial charge in [-0.2, -0.15) is 0 Å². The van der Waals surface area contributed by atoms with Crippen molar-refractivity contribution in [2.75, 3.05) is 5.32 Å². The molecular formula is C24H21FN4OS. The predicted octanol–water partition coefficient (Wildman–Crippen LogP) is 6.23. The third-order valence-electron chi connectivity index (χ3n) is 4.74. The summed E-state index contributed by atoms with van der Waals surface area (Å²) in [6, 6.07) is 14.7. The molecule has 7 heteroatoms. The van der Waals surface area contributed by atoms with Gasteiger partial charge in [0.15, 0.2) is 5.13 Å². The molecule has 0 fully saturated rings. The highest BCUT2D eigenvalue weighted by Gasteiger charge is 2.16. The summed E-state index contributed by atoms with van der Waals surface area (Å²) in [6.07, 6.45) is 9.19. The number of amides is 1. The lowest BCUT2D eigenvalue weighted by Gasteiger charge is -2.00. The number of halogens is 1. The monoisotopic (exact) mass is 432 g/mol. The number of fused-ring (bicyclic) bond motifs is 2. The van der Waals surface area contributed by atoms with Crippen LogP contribution in [0.15, 0.2) is 84.7 Å². The molecule has 0 saturated carbocycles. The highest BCUT2D eigenvalue weighted by molar-refractivity contribution is 7.13. The van der Waals surface area contributed by atoms with Crippen LogP contribution in [0.25, 0.3) is 21.8 Å². The van der Waals surface area contributed by atoms with Crippen molar-refractivity contribution in [1.82, 2.24) is 14.5 Å². The third-order valence-corrected chi connectivity index (χ3v) is 5.43. The zero-order chi connectivity index (χ0) is 21.6. The maximum Gasteiger partial charge on any atom is 0.259 e. The Morgan fingerprint density at radius 2 is 2.13 bits per heavy atom. The van der Waals surface area contributed by atoms with Gasteiger partial charge >= 0.3 is 0 Å². The molecule has 0 aliphatic carbocycles. The van der Waals surface area contributed by atoms with Gasteiger partial charge in [0.1, 0.15) is 5.82 Å². The summed E-state index contributed by atoms with van der Waals surface area (Å²) >= 11 is 1.35. The molecule has 0 aliphatic rings. The van der Waals surface area contributed by atoms with Crippen molar-refractivity contribution in [2.24, 2.45) is 0 Å². The Bertz CT molecular complexity index is 1300. The van der Waals surface area contributed by atoms with Gasteiger partial charge in [0.05, 0.1) is 11.1 Å². The molecular weight excluding hydrogens is 411 g/mol. The average molecular weight is 433 g/mol. The van der Waals surface area contributed by atoms with E-state index in [1.54, 1.807) is 23.8 Å². The van der Waals surface area contributed by atoms with Crippen molar-refractivity contribution in [3.05, 3.63) is 96.0 Å². The molecule has 2 N–H and O–H groups in total. The maximum absolute atomic E-state index is 13.5. The van der Waals surface area contributed by atoms with Crippen LogP contribution in [0, 0.1) is 5.82 Å². The standard InChI is InChI=1S/C16H14FN3OS.C8H7N/c1-2-3-7-20-10-13(12-5-4-11(17)9-14(12)20)15(21)19-16-18-6-8-22-16;1-2-4-8-7(3-1)5-6-9-8/h2-6,8-10H,7H2,1H3,(H,18,19,21);1-6,9H. The number of thiazole rings is 1. The lowest BCUT2D eigenvalue weighted by atomic mass is 10.1. The first-order valence-electron chi connectivity index (χ1n) is 9.78. The second-order valence-electron chi connectivity index (χ2n) is 6.78. The van der Waals surface area contributed by atoms with E-state index in [0.717, 1.165) is 5.39 Å². The summed E-state index contributed by atoms with van der Waals surface area (Å²) < 4.78 is 15.4. The number of allylic oxidation sites excluding steroid dienone is 2. The van der Waals surface area contributed by atoms with Crippen LogP contribution in [0.5, 0.6) is 0 Å². The average Bonchev–Trinajstić information content (AvgIpc) is 3.52. The first-order valence-corrected chi connectivity index (χ1v) is 10.7. The van der Waals surface area contributed by atoms with Gasteiger partial charge in [0.2, 0.25) is 0 Å². The SMILES string of the molecule is CC=CCn1cc(C(=O)Nc2nccs2)c2ccc(F)cc21.c1ccc2[nH]ccc2c1. The fourth-order valence-electron chi connectivity index (χ4n) is 3.26. The van der Waals surface area contributed by atoms with Crippen LogP contribution in [0.4, 0.5) is 9.52 Å². The fraction of sp³-hybridized carbons (Fsp3) is 0.0833. The molecule has 0 atom stereocenters. The van der Waals surface area contributed by atoms with Gasteiger partial charge in [-0.25, -0.2) is 9.37 Å². The number of para-hydroxylation sites is 1. The van der Waals surface area contributed by atoms with Crippen molar-refractivity contribution in [3.63, 3.8) is 0 Å². The van der Waals surface area contributed by atoms with E-state index in [0.29, 0.717) is 22.8 Å². The molecule has 5 aromatic rings. The number of aromatic amines is 1. The normalized spacial score (nSPS) is 11.0. The van der Waals surface area contributed by atoms with Gasteiger partial charge in [-0.15, -0.1) is 11.3 Å². The van der Waals surface area contributed by atoms with E-state index < -0.39 is 0 Å². The molecule has 31 heavy (non-hydrogen) atoms. The van der Waals surface area contributed by atoms with Crippen LogP contribution in [-0.2, 0) is 6.54 Å². The highest BCUT2D eigenvalue weighted by Crippen LogP contribution is 2.24. The summed E-state index contributed by atoms with van der Waals surface area (Å²) in [5, 5.41) is 7.09. The summed E-state index contributed by atoms with van der Waals surface area (Å²) in [5.74, 6) is -0.565. The van der Waals surface area contributed by atoms with Crippen molar-refractivity contribution in [3.8, 4) is 0 Å². The molecule has 5 rings (SSSR count). The number of H-pyrrole nitrogens is 1. The van der Waals surface area contributed by atoms with E-state index in [2.05, 4.69) is 33.5 Å². The molecule has 0 saturated heterocycles. The summed E-state index contributed by atoms with van der Waals surface area (Å²) in [5.41, 5.74) is 2.41. The van der Waals surface area contributed by atoms with Crippen LogP contribution in [0.3, 0.4) is 0 Å². The van der Waals surface area contributed by atoms with E-state index in [4.69, 9.17) is 0 Å². The number of hydrogen-bond acceptors (Lipinski definition) is 3. The summed E-state index contributed by atoms with van der Waals surface area (Å²) in [6.45, 7) is 2.50. The Morgan fingerprint density at radius 1 is 1.26 bits per heavy atom. The van der Waals surface area contributed by atoms with Crippen molar-refractivity contribution in [2.45, 2.75) is 13.5 Å². The summed E-state index contributed by atoms with van der Waals surface area (Å²) in [7, 11) is 0. The molecule has 0 bridgehead atoms. The van der Waals surface area contributed by atoms with E-state index in [-0.39, 0.29) is 11.7 Å². The Kier molecular flexibility index (Phi) is 6.24. The van der Waals surface area contributed by atoms with E-state index in [9.17, 15) is 9.18 Å². The number of aromatic nitrogens is 3. The number of hydrogen-bond donors (Lipinski definition) is 2. The second kappa shape index (κ2) is 9.40. The van der Waals surface area contributed by atoms with E-state index in [1.807, 2.05) is 42.0 Å². The quantitative estimate of drug-likeness (QED) is 0.331. The third kappa shape index (κ3) is 4.73. The number of anilines is 1. The van der Waals surface area contributed by atoms with E-state index in [1.165, 1.54) is 34.4 Å². The van der Waals surface area contributed by atoms with Gasteiger partial charge in [-0.05, 0) is 42.6 Å². The zero-order valence-corrected chi connectivity index (χ0v) is 17.7. The van der Waals surface area contributed by atoms with Crippen LogP contribution in [0.2, 0.25) is 0 Å². The fourth-order valence-corrected chi connectivity index (χ4v) is 3.78. The highest BCUT2D eigenvalue weighted by atomic mass is 32.1. The summed E-state index contributed by atoms with van der Waals surface area (Å²) in [4.78, 5) is 19.6. The van der Waals surface area contributed by atoms with Gasteiger partial charge in [-0.1, -0.05) is 30.4 Å².